The first kappa shape index (κ1) is 12.7. The number of aromatic nitrogens is 2. The van der Waals surface area contributed by atoms with Gasteiger partial charge >= 0.3 is 0 Å². The SMILES string of the molecule is CC(CC(=N)N)NS(=O)(=O)c1cn(C)cn1. The van der Waals surface area contributed by atoms with Crippen LogP contribution in [0, 0.1) is 5.41 Å². The summed E-state index contributed by atoms with van der Waals surface area (Å²) in [6.45, 7) is 1.64. The smallest absolute Gasteiger partial charge is 0.259 e. The summed E-state index contributed by atoms with van der Waals surface area (Å²) in [5.41, 5.74) is 5.18. The molecule has 0 aliphatic rings. The third-order valence-corrected chi connectivity index (χ3v) is 3.31. The van der Waals surface area contributed by atoms with Crippen LogP contribution in [0.2, 0.25) is 0 Å². The van der Waals surface area contributed by atoms with Crippen molar-refractivity contribution in [3.05, 3.63) is 12.5 Å². The summed E-state index contributed by atoms with van der Waals surface area (Å²) < 4.78 is 27.4. The maximum Gasteiger partial charge on any atom is 0.259 e. The number of nitrogens with one attached hydrogen (secondary N) is 2. The molecule has 1 rings (SSSR count). The zero-order valence-electron chi connectivity index (χ0n) is 9.14. The third-order valence-electron chi connectivity index (χ3n) is 1.84. The van der Waals surface area contributed by atoms with E-state index in [-0.39, 0.29) is 17.3 Å². The fraction of sp³-hybridized carbons (Fsp3) is 0.500. The van der Waals surface area contributed by atoms with Crippen LogP contribution < -0.4 is 10.5 Å². The van der Waals surface area contributed by atoms with Gasteiger partial charge in [0.05, 0.1) is 12.2 Å². The highest BCUT2D eigenvalue weighted by Crippen LogP contribution is 2.05. The number of rotatable bonds is 5. The van der Waals surface area contributed by atoms with E-state index in [0.29, 0.717) is 0 Å². The molecule has 0 radical (unpaired) electrons. The molecule has 0 aromatic carbocycles. The highest BCUT2D eigenvalue weighted by Gasteiger charge is 2.19. The molecule has 16 heavy (non-hydrogen) atoms. The van der Waals surface area contributed by atoms with Gasteiger partial charge in [-0.15, -0.1) is 0 Å². The molecule has 0 saturated carbocycles. The van der Waals surface area contributed by atoms with Crippen LogP contribution in [0.1, 0.15) is 13.3 Å². The van der Waals surface area contributed by atoms with E-state index in [9.17, 15) is 8.42 Å². The fourth-order valence-electron chi connectivity index (χ4n) is 1.22. The van der Waals surface area contributed by atoms with Crippen molar-refractivity contribution >= 4 is 15.9 Å². The Morgan fingerprint density at radius 2 is 2.38 bits per heavy atom. The second kappa shape index (κ2) is 4.62. The highest BCUT2D eigenvalue weighted by molar-refractivity contribution is 7.89. The van der Waals surface area contributed by atoms with Crippen molar-refractivity contribution < 1.29 is 8.42 Å². The Bertz CT molecular complexity index is 478. The quantitative estimate of drug-likeness (QED) is 0.475. The van der Waals surface area contributed by atoms with Gasteiger partial charge in [-0.2, -0.15) is 0 Å². The summed E-state index contributed by atoms with van der Waals surface area (Å²) >= 11 is 0. The van der Waals surface area contributed by atoms with Crippen LogP contribution in [0.3, 0.4) is 0 Å². The number of amidine groups is 1. The minimum Gasteiger partial charge on any atom is -0.388 e. The zero-order chi connectivity index (χ0) is 12.3. The van der Waals surface area contributed by atoms with Crippen LogP contribution in [0.15, 0.2) is 17.6 Å². The predicted molar refractivity (Wildman–Crippen MR) is 59.5 cm³/mol. The Balaban J connectivity index is 2.76. The number of aryl methyl sites for hydroxylation is 1. The van der Waals surface area contributed by atoms with E-state index in [0.717, 1.165) is 0 Å². The molecule has 0 spiro atoms. The van der Waals surface area contributed by atoms with Crippen LogP contribution in [-0.4, -0.2) is 29.8 Å². The van der Waals surface area contributed by atoms with Gasteiger partial charge in [-0.3, -0.25) is 5.41 Å². The first-order valence-electron chi connectivity index (χ1n) is 4.64. The minimum atomic E-state index is -3.62. The van der Waals surface area contributed by atoms with Crippen molar-refractivity contribution in [3.63, 3.8) is 0 Å². The number of sulfonamides is 1. The molecule has 1 aromatic heterocycles. The van der Waals surface area contributed by atoms with Crippen LogP contribution >= 0.6 is 0 Å². The maximum atomic E-state index is 11.7. The van der Waals surface area contributed by atoms with Gasteiger partial charge in [-0.25, -0.2) is 18.1 Å². The first-order chi connectivity index (χ1) is 7.31. The van der Waals surface area contributed by atoms with Gasteiger partial charge in [0.25, 0.3) is 10.0 Å². The van der Waals surface area contributed by atoms with Gasteiger partial charge in [-0.1, -0.05) is 0 Å². The molecular weight excluding hydrogens is 230 g/mol. The second-order valence-corrected chi connectivity index (χ2v) is 5.29. The fourth-order valence-corrected chi connectivity index (χ4v) is 2.45. The molecule has 1 heterocycles. The number of imidazole rings is 1. The number of nitrogens with two attached hydrogens (primary N) is 1. The van der Waals surface area contributed by atoms with Crippen LogP contribution in [0.25, 0.3) is 0 Å². The summed E-state index contributed by atoms with van der Waals surface area (Å²) in [5.74, 6) is -0.0591. The lowest BCUT2D eigenvalue weighted by Crippen LogP contribution is -2.35. The summed E-state index contributed by atoms with van der Waals surface area (Å²) in [5, 5.41) is 7.03. The van der Waals surface area contributed by atoms with Gasteiger partial charge in [-0.05, 0) is 6.92 Å². The molecule has 0 amide bonds. The van der Waals surface area contributed by atoms with E-state index in [1.165, 1.54) is 12.5 Å². The summed E-state index contributed by atoms with van der Waals surface area (Å²) in [7, 11) is -1.93. The zero-order valence-corrected chi connectivity index (χ0v) is 9.95. The van der Waals surface area contributed by atoms with E-state index < -0.39 is 16.1 Å². The number of nitrogens with zero attached hydrogens (tertiary/aromatic N) is 2. The molecule has 1 unspecified atom stereocenters. The molecular formula is C8H15N5O2S. The molecule has 8 heteroatoms. The van der Waals surface area contributed by atoms with E-state index in [4.69, 9.17) is 11.1 Å². The van der Waals surface area contributed by atoms with Crippen molar-refractivity contribution in [2.45, 2.75) is 24.4 Å². The van der Waals surface area contributed by atoms with Crippen molar-refractivity contribution in [2.24, 2.45) is 12.8 Å². The lowest BCUT2D eigenvalue weighted by atomic mass is 10.2. The molecule has 0 aliphatic heterocycles. The standard InChI is InChI=1S/C8H15N5O2S/c1-6(3-7(9)10)12-16(14,15)8-4-13(2)5-11-8/h4-6,12H,3H2,1-2H3,(H3,9,10). The van der Waals surface area contributed by atoms with Gasteiger partial charge < -0.3 is 10.3 Å². The summed E-state index contributed by atoms with van der Waals surface area (Å²) in [6.07, 6.45) is 2.99. The Labute approximate surface area is 94.2 Å². The second-order valence-electron chi connectivity index (χ2n) is 3.63. The molecule has 7 nitrogen and oxygen atoms in total. The van der Waals surface area contributed by atoms with Gasteiger partial charge in [0.2, 0.25) is 0 Å². The number of hydrogen-bond acceptors (Lipinski definition) is 4. The van der Waals surface area contributed by atoms with E-state index >= 15 is 0 Å². The molecule has 1 aromatic rings. The number of hydrogen-bond donors (Lipinski definition) is 3. The van der Waals surface area contributed by atoms with Crippen LogP contribution in [0.5, 0.6) is 0 Å². The molecule has 90 valence electrons. The highest BCUT2D eigenvalue weighted by atomic mass is 32.2. The Hall–Kier alpha value is -1.41. The van der Waals surface area contributed by atoms with Gasteiger partial charge in [0.15, 0.2) is 5.03 Å². The van der Waals surface area contributed by atoms with Crippen molar-refractivity contribution in [1.82, 2.24) is 14.3 Å². The average Bonchev–Trinajstić information content (AvgIpc) is 2.49. The van der Waals surface area contributed by atoms with Crippen LogP contribution in [0.4, 0.5) is 0 Å². The van der Waals surface area contributed by atoms with E-state index in [2.05, 4.69) is 9.71 Å². The monoisotopic (exact) mass is 245 g/mol. The summed E-state index contributed by atoms with van der Waals surface area (Å²) in [6, 6.07) is -0.426. The minimum absolute atomic E-state index is 0.0367. The van der Waals surface area contributed by atoms with Crippen LogP contribution in [-0.2, 0) is 17.1 Å². The molecule has 0 saturated heterocycles. The molecule has 0 aliphatic carbocycles. The Morgan fingerprint density at radius 1 is 1.75 bits per heavy atom. The predicted octanol–water partition coefficient (Wildman–Crippen LogP) is -0.587. The largest absolute Gasteiger partial charge is 0.388 e. The van der Waals surface area contributed by atoms with Gasteiger partial charge in [0.1, 0.15) is 0 Å². The van der Waals surface area contributed by atoms with Gasteiger partial charge in [0, 0.05) is 25.7 Å². The molecule has 4 N–H and O–H groups in total. The Morgan fingerprint density at radius 3 is 2.81 bits per heavy atom. The van der Waals surface area contributed by atoms with E-state index in [1.54, 1.807) is 18.5 Å². The lowest BCUT2D eigenvalue weighted by molar-refractivity contribution is 0.561. The lowest BCUT2D eigenvalue weighted by Gasteiger charge is -2.11. The van der Waals surface area contributed by atoms with Crippen molar-refractivity contribution in [2.75, 3.05) is 0 Å². The first-order valence-corrected chi connectivity index (χ1v) is 6.13. The normalized spacial score (nSPS) is 13.6. The Kier molecular flexibility index (Phi) is 3.66. The topological polar surface area (TPSA) is 114 Å². The molecule has 1 atom stereocenters. The molecule has 0 bridgehead atoms. The van der Waals surface area contributed by atoms with Crippen molar-refractivity contribution in [1.29, 1.82) is 5.41 Å². The third kappa shape index (κ3) is 3.31. The summed E-state index contributed by atoms with van der Waals surface area (Å²) in [4.78, 5) is 3.75. The van der Waals surface area contributed by atoms with Crippen molar-refractivity contribution in [3.8, 4) is 0 Å². The van der Waals surface area contributed by atoms with E-state index in [1.807, 2.05) is 0 Å². The molecule has 0 fully saturated rings. The average molecular weight is 245 g/mol. The maximum absolute atomic E-state index is 11.7.